The fourth-order valence-electron chi connectivity index (χ4n) is 1.09. The predicted octanol–water partition coefficient (Wildman–Crippen LogP) is 3.16. The number of pyridine rings is 1. The highest BCUT2D eigenvalue weighted by Gasteiger charge is 1.96. The molecule has 0 saturated carbocycles. The number of hydrogen-bond donors (Lipinski definition) is 1. The van der Waals surface area contributed by atoms with Gasteiger partial charge in [-0.15, -0.1) is 12.6 Å². The summed E-state index contributed by atoms with van der Waals surface area (Å²) in [5.41, 5.74) is 0. The molecule has 0 saturated heterocycles. The van der Waals surface area contributed by atoms with Gasteiger partial charge in [-0.3, -0.25) is 4.98 Å². The van der Waals surface area contributed by atoms with Crippen molar-refractivity contribution in [3.8, 4) is 11.5 Å². The summed E-state index contributed by atoms with van der Waals surface area (Å²) in [5.74, 6) is 1.50. The second-order valence-electron chi connectivity index (χ2n) is 2.79. The number of hydrogen-bond acceptors (Lipinski definition) is 3. The Hall–Kier alpha value is -1.48. The Morgan fingerprint density at radius 3 is 2.50 bits per heavy atom. The number of aromatic nitrogens is 1. The summed E-state index contributed by atoms with van der Waals surface area (Å²) >= 11 is 4.18. The summed E-state index contributed by atoms with van der Waals surface area (Å²) in [6.07, 6.45) is 3.33. The molecule has 1 aromatic heterocycles. The minimum absolute atomic E-state index is 0.698. The predicted molar refractivity (Wildman–Crippen MR) is 58.0 cm³/mol. The van der Waals surface area contributed by atoms with Gasteiger partial charge in [0.15, 0.2) is 0 Å². The Balaban J connectivity index is 2.19. The number of thiol groups is 1. The quantitative estimate of drug-likeness (QED) is 0.757. The second-order valence-corrected chi connectivity index (χ2v) is 3.31. The zero-order chi connectivity index (χ0) is 9.80. The number of rotatable bonds is 2. The van der Waals surface area contributed by atoms with Crippen molar-refractivity contribution in [2.45, 2.75) is 4.90 Å². The van der Waals surface area contributed by atoms with Gasteiger partial charge in [-0.1, -0.05) is 18.2 Å². The second kappa shape index (κ2) is 4.15. The Morgan fingerprint density at radius 2 is 1.79 bits per heavy atom. The van der Waals surface area contributed by atoms with Gasteiger partial charge < -0.3 is 4.74 Å². The molecule has 0 bridgehead atoms. The van der Waals surface area contributed by atoms with E-state index >= 15 is 0 Å². The van der Waals surface area contributed by atoms with Gasteiger partial charge in [0.2, 0.25) is 0 Å². The van der Waals surface area contributed by atoms with E-state index in [2.05, 4.69) is 17.6 Å². The van der Waals surface area contributed by atoms with Crippen LogP contribution in [-0.4, -0.2) is 4.98 Å². The number of ether oxygens (including phenoxy) is 1. The van der Waals surface area contributed by atoms with Gasteiger partial charge in [0.1, 0.15) is 11.5 Å². The van der Waals surface area contributed by atoms with Gasteiger partial charge in [-0.25, -0.2) is 0 Å². The van der Waals surface area contributed by atoms with Crippen LogP contribution in [0.1, 0.15) is 0 Å². The third kappa shape index (κ3) is 2.26. The molecule has 0 amide bonds. The van der Waals surface area contributed by atoms with Crippen LogP contribution in [0.2, 0.25) is 0 Å². The lowest BCUT2D eigenvalue weighted by atomic mass is 10.3. The first-order chi connectivity index (χ1) is 6.84. The summed E-state index contributed by atoms with van der Waals surface area (Å²) in [6.45, 7) is 0. The van der Waals surface area contributed by atoms with Crippen molar-refractivity contribution < 1.29 is 4.74 Å². The molecule has 0 fully saturated rings. The Morgan fingerprint density at radius 1 is 1.00 bits per heavy atom. The molecule has 2 nitrogen and oxygen atoms in total. The first-order valence-electron chi connectivity index (χ1n) is 4.21. The average molecular weight is 203 g/mol. The van der Waals surface area contributed by atoms with E-state index < -0.39 is 0 Å². The van der Waals surface area contributed by atoms with Gasteiger partial charge in [0.25, 0.3) is 0 Å². The van der Waals surface area contributed by atoms with E-state index in [0.29, 0.717) is 5.75 Å². The van der Waals surface area contributed by atoms with Gasteiger partial charge in [-0.05, 0) is 18.2 Å². The third-order valence-electron chi connectivity index (χ3n) is 1.68. The Labute approximate surface area is 88.0 Å². The molecule has 1 heterocycles. The molecule has 14 heavy (non-hydrogen) atoms. The van der Waals surface area contributed by atoms with E-state index in [1.165, 1.54) is 0 Å². The SMILES string of the molecule is Sc1cncc(Oc2ccccc2)c1. The maximum Gasteiger partial charge on any atom is 0.146 e. The minimum Gasteiger partial charge on any atom is -0.456 e. The van der Waals surface area contributed by atoms with Crippen LogP contribution in [0.4, 0.5) is 0 Å². The zero-order valence-electron chi connectivity index (χ0n) is 7.42. The summed E-state index contributed by atoms with van der Waals surface area (Å²) in [4.78, 5) is 4.77. The van der Waals surface area contributed by atoms with Crippen LogP contribution in [0.25, 0.3) is 0 Å². The lowest BCUT2D eigenvalue weighted by Gasteiger charge is -2.04. The first kappa shape index (κ1) is 9.09. The van der Waals surface area contributed by atoms with Crippen LogP contribution in [0, 0.1) is 0 Å². The topological polar surface area (TPSA) is 22.1 Å². The van der Waals surface area contributed by atoms with Crippen molar-refractivity contribution in [1.82, 2.24) is 4.98 Å². The molecule has 0 aliphatic heterocycles. The first-order valence-corrected chi connectivity index (χ1v) is 4.66. The maximum atomic E-state index is 5.55. The van der Waals surface area contributed by atoms with Crippen molar-refractivity contribution >= 4 is 12.6 Å². The Kier molecular flexibility index (Phi) is 2.70. The van der Waals surface area contributed by atoms with Crippen LogP contribution < -0.4 is 4.74 Å². The molecule has 0 atom stereocenters. The van der Waals surface area contributed by atoms with E-state index in [1.807, 2.05) is 36.4 Å². The lowest BCUT2D eigenvalue weighted by molar-refractivity contribution is 0.478. The summed E-state index contributed by atoms with van der Waals surface area (Å²) in [7, 11) is 0. The molecule has 0 radical (unpaired) electrons. The van der Waals surface area contributed by atoms with Gasteiger partial charge in [-0.2, -0.15) is 0 Å². The monoisotopic (exact) mass is 203 g/mol. The van der Waals surface area contributed by atoms with Gasteiger partial charge >= 0.3 is 0 Å². The minimum atomic E-state index is 0.698. The van der Waals surface area contributed by atoms with E-state index in [9.17, 15) is 0 Å². The molecule has 0 aliphatic rings. The molecule has 0 unspecified atom stereocenters. The molecule has 70 valence electrons. The van der Waals surface area contributed by atoms with Crippen molar-refractivity contribution in [2.75, 3.05) is 0 Å². The van der Waals surface area contributed by atoms with Crippen LogP contribution in [0.3, 0.4) is 0 Å². The van der Waals surface area contributed by atoms with Crippen LogP contribution in [-0.2, 0) is 0 Å². The maximum absolute atomic E-state index is 5.55. The molecule has 0 aliphatic carbocycles. The van der Waals surface area contributed by atoms with Crippen molar-refractivity contribution in [3.63, 3.8) is 0 Å². The fourth-order valence-corrected chi connectivity index (χ4v) is 1.28. The molecule has 2 aromatic rings. The third-order valence-corrected chi connectivity index (χ3v) is 1.92. The fraction of sp³-hybridized carbons (Fsp3) is 0. The summed E-state index contributed by atoms with van der Waals surface area (Å²) < 4.78 is 5.55. The van der Waals surface area contributed by atoms with Crippen LogP contribution >= 0.6 is 12.6 Å². The normalized spacial score (nSPS) is 9.79. The van der Waals surface area contributed by atoms with Gasteiger partial charge in [0, 0.05) is 11.1 Å². The smallest absolute Gasteiger partial charge is 0.146 e. The molecule has 0 spiro atoms. The van der Waals surface area contributed by atoms with Crippen LogP contribution in [0.15, 0.2) is 53.7 Å². The highest BCUT2D eigenvalue weighted by atomic mass is 32.1. The standard InChI is InChI=1S/C11H9NOS/c14-11-6-10(7-12-8-11)13-9-4-2-1-3-5-9/h1-8,14H. The molecule has 2 rings (SSSR count). The van der Waals surface area contributed by atoms with Crippen LogP contribution in [0.5, 0.6) is 11.5 Å². The number of nitrogens with zero attached hydrogens (tertiary/aromatic N) is 1. The molecule has 3 heteroatoms. The summed E-state index contributed by atoms with van der Waals surface area (Å²) in [6, 6.07) is 11.4. The highest BCUT2D eigenvalue weighted by molar-refractivity contribution is 7.80. The zero-order valence-corrected chi connectivity index (χ0v) is 8.32. The van der Waals surface area contributed by atoms with Crippen molar-refractivity contribution in [1.29, 1.82) is 0 Å². The van der Waals surface area contributed by atoms with E-state index in [1.54, 1.807) is 12.4 Å². The largest absolute Gasteiger partial charge is 0.456 e. The molecule has 1 aromatic carbocycles. The van der Waals surface area contributed by atoms with Crippen molar-refractivity contribution in [3.05, 3.63) is 48.8 Å². The van der Waals surface area contributed by atoms with Crippen molar-refractivity contribution in [2.24, 2.45) is 0 Å². The number of benzene rings is 1. The average Bonchev–Trinajstić information content (AvgIpc) is 2.19. The number of para-hydroxylation sites is 1. The Bertz CT molecular complexity index is 417. The molecule has 0 N–H and O–H groups in total. The van der Waals surface area contributed by atoms with E-state index in [4.69, 9.17) is 4.74 Å². The highest BCUT2D eigenvalue weighted by Crippen LogP contribution is 2.21. The summed E-state index contributed by atoms with van der Waals surface area (Å²) in [5, 5.41) is 0. The molecular formula is C11H9NOS. The van der Waals surface area contributed by atoms with E-state index in [0.717, 1.165) is 10.6 Å². The van der Waals surface area contributed by atoms with E-state index in [-0.39, 0.29) is 0 Å². The molecular weight excluding hydrogens is 194 g/mol. The van der Waals surface area contributed by atoms with Gasteiger partial charge in [0.05, 0.1) is 6.20 Å². The lowest BCUT2D eigenvalue weighted by Crippen LogP contribution is -1.84.